The van der Waals surface area contributed by atoms with E-state index in [4.69, 9.17) is 0 Å². The number of para-hydroxylation sites is 1. The topological polar surface area (TPSA) is 20.3 Å². The van der Waals surface area contributed by atoms with E-state index in [1.165, 1.54) is 5.56 Å². The number of anilines is 1. The lowest BCUT2D eigenvalue weighted by Gasteiger charge is -2.32. The third kappa shape index (κ3) is 1.93. The molecule has 1 heterocycles. The highest BCUT2D eigenvalue weighted by atomic mass is 79.9. The average molecular weight is 268 g/mol. The molecule has 1 atom stereocenters. The van der Waals surface area contributed by atoms with Gasteiger partial charge in [-0.2, -0.15) is 0 Å². The first-order valence-corrected chi connectivity index (χ1v) is 6.31. The molecule has 0 saturated carbocycles. The van der Waals surface area contributed by atoms with Gasteiger partial charge in [-0.1, -0.05) is 41.1 Å². The lowest BCUT2D eigenvalue weighted by atomic mass is 9.91. The molecule has 0 spiro atoms. The van der Waals surface area contributed by atoms with Gasteiger partial charge in [0.2, 0.25) is 5.91 Å². The van der Waals surface area contributed by atoms with Crippen LogP contribution in [0.15, 0.2) is 24.3 Å². The quantitative estimate of drug-likeness (QED) is 0.717. The van der Waals surface area contributed by atoms with E-state index in [1.807, 2.05) is 23.1 Å². The molecule has 0 radical (unpaired) electrons. The molecule has 2 nitrogen and oxygen atoms in total. The number of carbonyl (C=O) groups excluding carboxylic acids is 1. The number of hydrogen-bond acceptors (Lipinski definition) is 1. The van der Waals surface area contributed by atoms with Crippen molar-refractivity contribution in [3.63, 3.8) is 0 Å². The van der Waals surface area contributed by atoms with Crippen LogP contribution in [0.5, 0.6) is 0 Å². The molecule has 0 bridgehead atoms. The molecule has 0 aliphatic carbocycles. The molecule has 80 valence electrons. The highest BCUT2D eigenvalue weighted by Gasteiger charge is 2.24. The number of fused-ring (bicyclic) bond motifs is 1. The van der Waals surface area contributed by atoms with Gasteiger partial charge in [0.15, 0.2) is 0 Å². The van der Waals surface area contributed by atoms with Crippen LogP contribution in [-0.4, -0.2) is 17.8 Å². The number of benzene rings is 1. The van der Waals surface area contributed by atoms with Gasteiger partial charge in [0.1, 0.15) is 0 Å². The standard InChI is InChI=1S/C12H14BrNO/c1-9-6-7-14(12(15)8-13)11-5-3-2-4-10(9)11/h2-5,9H,6-8H2,1H3. The Bertz CT molecular complexity index is 378. The van der Waals surface area contributed by atoms with Crippen LogP contribution in [0.4, 0.5) is 5.69 Å². The van der Waals surface area contributed by atoms with Crippen molar-refractivity contribution in [3.8, 4) is 0 Å². The Labute approximate surface area is 98.4 Å². The van der Waals surface area contributed by atoms with Crippen LogP contribution in [0.25, 0.3) is 0 Å². The maximum absolute atomic E-state index is 11.7. The van der Waals surface area contributed by atoms with Crippen LogP contribution in [-0.2, 0) is 4.79 Å². The fourth-order valence-electron chi connectivity index (χ4n) is 2.08. The van der Waals surface area contributed by atoms with E-state index in [2.05, 4.69) is 28.9 Å². The predicted molar refractivity (Wildman–Crippen MR) is 65.6 cm³/mol. The first-order valence-electron chi connectivity index (χ1n) is 5.19. The van der Waals surface area contributed by atoms with Crippen LogP contribution in [0.2, 0.25) is 0 Å². The van der Waals surface area contributed by atoms with Crippen molar-refractivity contribution in [2.45, 2.75) is 19.3 Å². The predicted octanol–water partition coefficient (Wildman–Crippen LogP) is 2.92. The lowest BCUT2D eigenvalue weighted by molar-refractivity contribution is -0.116. The summed E-state index contributed by atoms with van der Waals surface area (Å²) in [6.45, 7) is 3.05. The molecule has 3 heteroatoms. The monoisotopic (exact) mass is 267 g/mol. The molecular formula is C12H14BrNO. The minimum absolute atomic E-state index is 0.148. The molecule has 0 fully saturated rings. The third-order valence-corrected chi connectivity index (χ3v) is 3.44. The fraction of sp³-hybridized carbons (Fsp3) is 0.417. The van der Waals surface area contributed by atoms with E-state index in [9.17, 15) is 4.79 Å². The van der Waals surface area contributed by atoms with Gasteiger partial charge < -0.3 is 4.90 Å². The second-order valence-electron chi connectivity index (χ2n) is 3.93. The van der Waals surface area contributed by atoms with Gasteiger partial charge in [-0.25, -0.2) is 0 Å². The minimum atomic E-state index is 0.148. The number of rotatable bonds is 1. The number of amides is 1. The second kappa shape index (κ2) is 4.35. The molecule has 1 aromatic rings. The normalized spacial score (nSPS) is 19.9. The molecule has 0 N–H and O–H groups in total. The molecule has 1 aliphatic rings. The van der Waals surface area contributed by atoms with Crippen LogP contribution in [0.1, 0.15) is 24.8 Å². The van der Waals surface area contributed by atoms with Crippen molar-refractivity contribution in [2.24, 2.45) is 0 Å². The Morgan fingerprint density at radius 1 is 1.53 bits per heavy atom. The smallest absolute Gasteiger partial charge is 0.237 e. The highest BCUT2D eigenvalue weighted by Crippen LogP contribution is 2.34. The Hall–Kier alpha value is -0.830. The zero-order valence-corrected chi connectivity index (χ0v) is 10.3. The maximum Gasteiger partial charge on any atom is 0.237 e. The lowest BCUT2D eigenvalue weighted by Crippen LogP contribution is -2.36. The fourth-order valence-corrected chi connectivity index (χ4v) is 2.38. The Morgan fingerprint density at radius 2 is 2.27 bits per heavy atom. The molecule has 1 aliphatic heterocycles. The summed E-state index contributed by atoms with van der Waals surface area (Å²) in [5, 5.41) is 0.399. The number of carbonyl (C=O) groups is 1. The summed E-state index contributed by atoms with van der Waals surface area (Å²) < 4.78 is 0. The van der Waals surface area contributed by atoms with Crippen LogP contribution < -0.4 is 4.90 Å². The summed E-state index contributed by atoms with van der Waals surface area (Å²) in [7, 11) is 0. The maximum atomic E-state index is 11.7. The SMILES string of the molecule is CC1CCN(C(=O)CBr)c2ccccc21. The highest BCUT2D eigenvalue weighted by molar-refractivity contribution is 9.09. The van der Waals surface area contributed by atoms with Crippen LogP contribution in [0, 0.1) is 0 Å². The van der Waals surface area contributed by atoms with E-state index in [1.54, 1.807) is 0 Å². The van der Waals surface area contributed by atoms with Crippen molar-refractivity contribution >= 4 is 27.5 Å². The Kier molecular flexibility index (Phi) is 3.10. The summed E-state index contributed by atoms with van der Waals surface area (Å²) >= 11 is 3.23. The average Bonchev–Trinajstić information content (AvgIpc) is 2.29. The summed E-state index contributed by atoms with van der Waals surface area (Å²) in [5.41, 5.74) is 2.37. The van der Waals surface area contributed by atoms with Gasteiger partial charge in [-0.3, -0.25) is 4.79 Å². The van der Waals surface area contributed by atoms with E-state index >= 15 is 0 Å². The van der Waals surface area contributed by atoms with Gasteiger partial charge in [-0.15, -0.1) is 0 Å². The van der Waals surface area contributed by atoms with Crippen LogP contribution >= 0.6 is 15.9 Å². The van der Waals surface area contributed by atoms with Crippen molar-refractivity contribution in [2.75, 3.05) is 16.8 Å². The first-order chi connectivity index (χ1) is 7.24. The third-order valence-electron chi connectivity index (χ3n) is 2.96. The molecule has 0 aromatic heterocycles. The Balaban J connectivity index is 2.40. The molecule has 2 rings (SSSR count). The number of halogens is 1. The molecule has 0 saturated heterocycles. The van der Waals surface area contributed by atoms with E-state index in [0.717, 1.165) is 18.7 Å². The summed E-state index contributed by atoms with van der Waals surface area (Å²) in [6, 6.07) is 8.18. The number of nitrogens with zero attached hydrogens (tertiary/aromatic N) is 1. The zero-order valence-electron chi connectivity index (χ0n) is 8.74. The number of hydrogen-bond donors (Lipinski definition) is 0. The van der Waals surface area contributed by atoms with Gasteiger partial charge in [-0.05, 0) is 24.0 Å². The number of alkyl halides is 1. The van der Waals surface area contributed by atoms with Crippen molar-refractivity contribution in [1.82, 2.24) is 0 Å². The minimum Gasteiger partial charge on any atom is -0.311 e. The molecular weight excluding hydrogens is 254 g/mol. The van der Waals surface area contributed by atoms with Crippen LogP contribution in [0.3, 0.4) is 0 Å². The van der Waals surface area contributed by atoms with Gasteiger partial charge in [0, 0.05) is 12.2 Å². The van der Waals surface area contributed by atoms with E-state index in [0.29, 0.717) is 11.2 Å². The van der Waals surface area contributed by atoms with Crippen molar-refractivity contribution in [3.05, 3.63) is 29.8 Å². The molecule has 1 amide bonds. The zero-order chi connectivity index (χ0) is 10.8. The van der Waals surface area contributed by atoms with Gasteiger partial charge in [0.25, 0.3) is 0 Å². The van der Waals surface area contributed by atoms with Gasteiger partial charge >= 0.3 is 0 Å². The van der Waals surface area contributed by atoms with Gasteiger partial charge in [0.05, 0.1) is 5.33 Å². The molecule has 15 heavy (non-hydrogen) atoms. The molecule has 1 aromatic carbocycles. The summed E-state index contributed by atoms with van der Waals surface area (Å²) in [6.07, 6.45) is 1.05. The largest absolute Gasteiger partial charge is 0.311 e. The molecule has 1 unspecified atom stereocenters. The Morgan fingerprint density at radius 3 is 3.00 bits per heavy atom. The van der Waals surface area contributed by atoms with Crippen molar-refractivity contribution < 1.29 is 4.79 Å². The van der Waals surface area contributed by atoms with E-state index in [-0.39, 0.29) is 5.91 Å². The van der Waals surface area contributed by atoms with E-state index < -0.39 is 0 Å². The first kappa shape index (κ1) is 10.7. The van der Waals surface area contributed by atoms with Crippen molar-refractivity contribution in [1.29, 1.82) is 0 Å². The second-order valence-corrected chi connectivity index (χ2v) is 4.49. The summed E-state index contributed by atoms with van der Waals surface area (Å²) in [4.78, 5) is 13.6. The summed E-state index contributed by atoms with van der Waals surface area (Å²) in [5.74, 6) is 0.704.